The molecule has 3 aromatic rings. The molecule has 3 heterocycles. The van der Waals surface area contributed by atoms with Crippen LogP contribution in [-0.2, 0) is 20.9 Å². The summed E-state index contributed by atoms with van der Waals surface area (Å²) in [7, 11) is 0. The van der Waals surface area contributed by atoms with Crippen LogP contribution in [0.1, 0.15) is 25.8 Å². The lowest BCUT2D eigenvalue weighted by Gasteiger charge is -2.42. The number of aliphatic hydroxyl groups excluding tert-OH is 1. The van der Waals surface area contributed by atoms with Crippen LogP contribution >= 0.6 is 11.8 Å². The Labute approximate surface area is 269 Å². The first-order valence-corrected chi connectivity index (χ1v) is 16.6. The summed E-state index contributed by atoms with van der Waals surface area (Å²) < 4.78 is -0.800. The first kappa shape index (κ1) is 31.1. The number of likely N-dealkylation sites (tertiary alicyclic amines) is 1. The summed E-state index contributed by atoms with van der Waals surface area (Å²) >= 11 is 1.65. The molecule has 8 heteroatoms. The van der Waals surface area contributed by atoms with Crippen LogP contribution < -0.4 is 4.90 Å². The molecule has 3 aliphatic heterocycles. The molecule has 3 aromatic carbocycles. The molecular formula is C37H41N3O4S. The Morgan fingerprint density at radius 2 is 1.71 bits per heavy atom. The second-order valence-electron chi connectivity index (χ2n) is 12.6. The van der Waals surface area contributed by atoms with Crippen molar-refractivity contribution in [2.24, 2.45) is 17.8 Å². The molecule has 0 saturated carbocycles. The third-order valence-electron chi connectivity index (χ3n) is 9.94. The largest absolute Gasteiger partial charge is 0.394 e. The summed E-state index contributed by atoms with van der Waals surface area (Å²) in [4.78, 5) is 49.1. The molecule has 0 aromatic heterocycles. The standard InChI is InChI=1S/C37H41N3O4S/c1-5-18-38(22-26-12-8-7-9-13-26)34(42)31-30-20-24(3)37(45-30)32(31)35(43)40(25(4)23-41)33(37)36(44)39(19-6-2)29-17-16-27-14-10-11-15-28(27)21-29/h5-17,21,24-25,30-33,41H,1-2,18-20,22-23H2,3-4H3/t24?,25-,30-,31+,32+,33?,37?/m1/s1. The molecular weight excluding hydrogens is 582 g/mol. The number of carbonyl (C=O) groups excluding carboxylic acids is 3. The van der Waals surface area contributed by atoms with Crippen LogP contribution in [0.3, 0.4) is 0 Å². The van der Waals surface area contributed by atoms with Crippen molar-refractivity contribution >= 4 is 45.9 Å². The Hall–Kier alpha value is -3.88. The normalized spacial score (nSPS) is 27.3. The second-order valence-corrected chi connectivity index (χ2v) is 14.1. The highest BCUT2D eigenvalue weighted by atomic mass is 32.2. The Balaban J connectivity index is 1.41. The van der Waals surface area contributed by atoms with E-state index in [2.05, 4.69) is 20.1 Å². The molecule has 3 saturated heterocycles. The predicted molar refractivity (Wildman–Crippen MR) is 181 cm³/mol. The van der Waals surface area contributed by atoms with Crippen molar-refractivity contribution < 1.29 is 19.5 Å². The average Bonchev–Trinajstić information content (AvgIpc) is 3.66. The Morgan fingerprint density at radius 3 is 2.40 bits per heavy atom. The van der Waals surface area contributed by atoms with Crippen LogP contribution in [0.2, 0.25) is 0 Å². The van der Waals surface area contributed by atoms with Crippen LogP contribution in [-0.4, -0.2) is 74.4 Å². The lowest BCUT2D eigenvalue weighted by molar-refractivity contribution is -0.145. The molecule has 1 spiro atoms. The van der Waals surface area contributed by atoms with E-state index in [1.807, 2.05) is 72.8 Å². The Morgan fingerprint density at radius 1 is 1.02 bits per heavy atom. The molecule has 234 valence electrons. The van der Waals surface area contributed by atoms with Gasteiger partial charge in [0, 0.05) is 30.6 Å². The molecule has 2 bridgehead atoms. The summed E-state index contributed by atoms with van der Waals surface area (Å²) in [6.07, 6.45) is 4.16. The fourth-order valence-corrected chi connectivity index (χ4v) is 10.3. The third kappa shape index (κ3) is 5.08. The Kier molecular flexibility index (Phi) is 8.63. The van der Waals surface area contributed by atoms with E-state index in [4.69, 9.17) is 0 Å². The van der Waals surface area contributed by atoms with Crippen LogP contribution in [0.25, 0.3) is 10.8 Å². The number of amides is 3. The molecule has 45 heavy (non-hydrogen) atoms. The quantitative estimate of drug-likeness (QED) is 0.294. The highest BCUT2D eigenvalue weighted by Gasteiger charge is 2.76. The van der Waals surface area contributed by atoms with E-state index in [9.17, 15) is 19.5 Å². The monoisotopic (exact) mass is 623 g/mol. The highest BCUT2D eigenvalue weighted by Crippen LogP contribution is 2.69. The lowest BCUT2D eigenvalue weighted by Crippen LogP contribution is -2.59. The number of nitrogens with zero attached hydrogens (tertiary/aromatic N) is 3. The van der Waals surface area contributed by atoms with Gasteiger partial charge < -0.3 is 19.8 Å². The van der Waals surface area contributed by atoms with E-state index in [1.165, 1.54) is 0 Å². The van der Waals surface area contributed by atoms with Crippen molar-refractivity contribution in [3.8, 4) is 0 Å². The van der Waals surface area contributed by atoms with Crippen molar-refractivity contribution in [1.82, 2.24) is 9.80 Å². The highest BCUT2D eigenvalue weighted by molar-refractivity contribution is 8.02. The van der Waals surface area contributed by atoms with Crippen LogP contribution in [0.4, 0.5) is 5.69 Å². The molecule has 0 aliphatic carbocycles. The van der Waals surface area contributed by atoms with E-state index >= 15 is 0 Å². The first-order chi connectivity index (χ1) is 21.8. The number of carbonyl (C=O) groups is 3. The van der Waals surface area contributed by atoms with Gasteiger partial charge in [0.2, 0.25) is 11.8 Å². The van der Waals surface area contributed by atoms with Gasteiger partial charge in [-0.05, 0) is 47.7 Å². The minimum absolute atomic E-state index is 0.0134. The number of fused-ring (bicyclic) bond motifs is 2. The number of hydrogen-bond donors (Lipinski definition) is 1. The van der Waals surface area contributed by atoms with Gasteiger partial charge >= 0.3 is 0 Å². The predicted octanol–water partition coefficient (Wildman–Crippen LogP) is 5.29. The summed E-state index contributed by atoms with van der Waals surface area (Å²) in [6.45, 7) is 12.5. The summed E-state index contributed by atoms with van der Waals surface area (Å²) in [5.74, 6) is -1.73. The summed E-state index contributed by atoms with van der Waals surface area (Å²) in [5, 5.41) is 12.3. The second kappa shape index (κ2) is 12.5. The van der Waals surface area contributed by atoms with Crippen LogP contribution in [0.15, 0.2) is 98.1 Å². The van der Waals surface area contributed by atoms with Crippen molar-refractivity contribution in [3.63, 3.8) is 0 Å². The Bertz CT molecular complexity index is 1630. The maximum absolute atomic E-state index is 15.0. The number of aliphatic hydroxyl groups is 1. The summed E-state index contributed by atoms with van der Waals surface area (Å²) in [5.41, 5.74) is 1.73. The lowest BCUT2D eigenvalue weighted by atomic mass is 9.65. The van der Waals surface area contributed by atoms with Crippen molar-refractivity contribution in [2.75, 3.05) is 24.6 Å². The topological polar surface area (TPSA) is 81.2 Å². The van der Waals surface area contributed by atoms with E-state index in [0.29, 0.717) is 13.1 Å². The van der Waals surface area contributed by atoms with Gasteiger partial charge in [-0.15, -0.1) is 24.9 Å². The molecule has 1 N–H and O–H groups in total. The molecule has 3 fully saturated rings. The van der Waals surface area contributed by atoms with Gasteiger partial charge in [0.1, 0.15) is 6.04 Å². The molecule has 3 aliphatic rings. The molecule has 3 unspecified atom stereocenters. The molecule has 7 atom stereocenters. The van der Waals surface area contributed by atoms with Gasteiger partial charge in [-0.1, -0.05) is 79.7 Å². The van der Waals surface area contributed by atoms with Crippen molar-refractivity contribution in [2.45, 2.75) is 48.9 Å². The van der Waals surface area contributed by atoms with Crippen molar-refractivity contribution in [3.05, 3.63) is 104 Å². The van der Waals surface area contributed by atoms with Gasteiger partial charge in [0.05, 0.1) is 29.2 Å². The summed E-state index contributed by atoms with van der Waals surface area (Å²) in [6, 6.07) is 22.3. The molecule has 7 nitrogen and oxygen atoms in total. The van der Waals surface area contributed by atoms with E-state index in [1.54, 1.807) is 45.5 Å². The zero-order valence-corrected chi connectivity index (χ0v) is 26.7. The number of thioether (sulfide) groups is 1. The number of anilines is 1. The fourth-order valence-electron chi connectivity index (χ4n) is 7.93. The maximum atomic E-state index is 15.0. The fraction of sp³-hybridized carbons (Fsp3) is 0.378. The number of hydrogen-bond acceptors (Lipinski definition) is 5. The average molecular weight is 624 g/mol. The molecule has 3 amide bonds. The molecule has 0 radical (unpaired) electrons. The van der Waals surface area contributed by atoms with E-state index in [-0.39, 0.29) is 42.0 Å². The van der Waals surface area contributed by atoms with Crippen molar-refractivity contribution in [1.29, 1.82) is 0 Å². The minimum atomic E-state index is -0.839. The van der Waals surface area contributed by atoms with Crippen LogP contribution in [0.5, 0.6) is 0 Å². The zero-order chi connectivity index (χ0) is 31.9. The number of benzene rings is 3. The minimum Gasteiger partial charge on any atom is -0.394 e. The van der Waals surface area contributed by atoms with Crippen LogP contribution in [0, 0.1) is 17.8 Å². The molecule has 6 rings (SSSR count). The third-order valence-corrected chi connectivity index (χ3v) is 12.0. The van der Waals surface area contributed by atoms with E-state index in [0.717, 1.165) is 28.4 Å². The SMILES string of the molecule is C=CCN(Cc1ccccc1)C(=O)[C@@H]1[C@H]2C(=O)N([C@H](C)CO)C(C(=O)N(CC=C)c3ccc4ccccc4c3)C23S[C@@H]1CC3C. The first-order valence-electron chi connectivity index (χ1n) is 15.7. The maximum Gasteiger partial charge on any atom is 0.251 e. The van der Waals surface area contributed by atoms with Gasteiger partial charge in [-0.25, -0.2) is 0 Å². The number of rotatable bonds is 11. The van der Waals surface area contributed by atoms with Gasteiger partial charge in [-0.2, -0.15) is 0 Å². The van der Waals surface area contributed by atoms with Gasteiger partial charge in [-0.3, -0.25) is 14.4 Å². The zero-order valence-electron chi connectivity index (χ0n) is 25.9. The smallest absolute Gasteiger partial charge is 0.251 e. The van der Waals surface area contributed by atoms with E-state index < -0.39 is 28.7 Å². The van der Waals surface area contributed by atoms with Gasteiger partial charge in [0.15, 0.2) is 0 Å². The van der Waals surface area contributed by atoms with Gasteiger partial charge in [0.25, 0.3) is 5.91 Å².